The Balaban J connectivity index is 1.48. The second kappa shape index (κ2) is 11.3. The van der Waals surface area contributed by atoms with E-state index in [1.54, 1.807) is 9.80 Å². The number of benzene rings is 1. The molecule has 0 aromatic heterocycles. The van der Waals surface area contributed by atoms with Gasteiger partial charge >= 0.3 is 6.09 Å². The van der Waals surface area contributed by atoms with E-state index in [4.69, 9.17) is 21.1 Å². The Morgan fingerprint density at radius 1 is 1.12 bits per heavy atom. The van der Waals surface area contributed by atoms with Crippen LogP contribution in [0.3, 0.4) is 0 Å². The molecule has 188 valence electrons. The Morgan fingerprint density at radius 2 is 1.82 bits per heavy atom. The van der Waals surface area contributed by atoms with Crippen LogP contribution in [0.4, 0.5) is 9.18 Å². The highest BCUT2D eigenvalue weighted by Gasteiger charge is 2.33. The van der Waals surface area contributed by atoms with Crippen LogP contribution in [0.25, 0.3) is 0 Å². The molecular weight excluding hydrogens is 465 g/mol. The molecule has 34 heavy (non-hydrogen) atoms. The summed E-state index contributed by atoms with van der Waals surface area (Å²) < 4.78 is 24.1. The minimum atomic E-state index is -0.587. The number of amides is 3. The van der Waals surface area contributed by atoms with Crippen LogP contribution in [0.5, 0.6) is 5.75 Å². The third-order valence-electron chi connectivity index (χ3n) is 5.81. The maximum Gasteiger partial charge on any atom is 0.410 e. The van der Waals surface area contributed by atoms with Crippen LogP contribution in [-0.4, -0.2) is 72.1 Å². The lowest BCUT2D eigenvalue weighted by Crippen LogP contribution is -2.53. The smallest absolute Gasteiger partial charge is 0.410 e. The molecule has 1 N–H and O–H groups in total. The quantitative estimate of drug-likeness (QED) is 0.671. The first-order valence-electron chi connectivity index (χ1n) is 11.7. The van der Waals surface area contributed by atoms with Gasteiger partial charge in [-0.1, -0.05) is 11.6 Å². The Hall–Kier alpha value is -2.55. The van der Waals surface area contributed by atoms with Gasteiger partial charge in [-0.15, -0.1) is 0 Å². The van der Waals surface area contributed by atoms with E-state index in [-0.39, 0.29) is 41.2 Å². The van der Waals surface area contributed by atoms with E-state index in [1.807, 2.05) is 20.8 Å². The third kappa shape index (κ3) is 7.48. The van der Waals surface area contributed by atoms with Crippen molar-refractivity contribution in [2.24, 2.45) is 5.92 Å². The van der Waals surface area contributed by atoms with Crippen molar-refractivity contribution >= 4 is 29.5 Å². The first kappa shape index (κ1) is 26.1. The van der Waals surface area contributed by atoms with Crippen LogP contribution >= 0.6 is 11.6 Å². The van der Waals surface area contributed by atoms with Gasteiger partial charge in [-0.3, -0.25) is 9.59 Å². The summed E-state index contributed by atoms with van der Waals surface area (Å²) in [6.07, 6.45) is 2.55. The van der Waals surface area contributed by atoms with Crippen molar-refractivity contribution < 1.29 is 28.2 Å². The molecule has 2 heterocycles. The molecule has 0 bridgehead atoms. The number of halogens is 2. The molecule has 0 saturated carbocycles. The van der Waals surface area contributed by atoms with Gasteiger partial charge in [-0.05, 0) is 64.7 Å². The minimum Gasteiger partial charge on any atom is -0.482 e. The Labute approximate surface area is 204 Å². The van der Waals surface area contributed by atoms with E-state index < -0.39 is 17.5 Å². The monoisotopic (exact) mass is 497 g/mol. The summed E-state index contributed by atoms with van der Waals surface area (Å²) in [5.74, 6) is -0.887. The van der Waals surface area contributed by atoms with E-state index >= 15 is 0 Å². The summed E-state index contributed by atoms with van der Waals surface area (Å²) in [4.78, 5) is 41.2. The van der Waals surface area contributed by atoms with Gasteiger partial charge in [0.2, 0.25) is 5.91 Å². The Bertz CT molecular complexity index is 907. The van der Waals surface area contributed by atoms with Gasteiger partial charge in [0.15, 0.2) is 6.61 Å². The molecule has 0 spiro atoms. The van der Waals surface area contributed by atoms with Crippen molar-refractivity contribution in [1.29, 1.82) is 0 Å². The van der Waals surface area contributed by atoms with Gasteiger partial charge in [-0.25, -0.2) is 9.18 Å². The van der Waals surface area contributed by atoms with Gasteiger partial charge in [0.05, 0.1) is 10.9 Å². The van der Waals surface area contributed by atoms with Crippen LogP contribution in [0.1, 0.15) is 46.5 Å². The minimum absolute atomic E-state index is 0.101. The number of nitrogens with one attached hydrogen (secondary N) is 1. The van der Waals surface area contributed by atoms with E-state index in [0.29, 0.717) is 32.6 Å². The molecule has 2 aliphatic rings. The number of rotatable bonds is 5. The molecule has 10 heteroatoms. The third-order valence-corrected chi connectivity index (χ3v) is 6.10. The van der Waals surface area contributed by atoms with E-state index in [9.17, 15) is 18.8 Å². The van der Waals surface area contributed by atoms with E-state index in [2.05, 4.69) is 5.32 Å². The number of likely N-dealkylation sites (tertiary alicyclic amines) is 2. The zero-order valence-corrected chi connectivity index (χ0v) is 20.7. The van der Waals surface area contributed by atoms with Gasteiger partial charge < -0.3 is 24.6 Å². The summed E-state index contributed by atoms with van der Waals surface area (Å²) in [5.41, 5.74) is -0.587. The second-order valence-electron chi connectivity index (χ2n) is 9.82. The van der Waals surface area contributed by atoms with Crippen LogP contribution < -0.4 is 10.1 Å². The highest BCUT2D eigenvalue weighted by atomic mass is 35.5. The molecule has 2 aliphatic heterocycles. The molecule has 0 unspecified atom stereocenters. The van der Waals surface area contributed by atoms with Crippen LogP contribution in [0.2, 0.25) is 5.02 Å². The highest BCUT2D eigenvalue weighted by Crippen LogP contribution is 2.25. The average Bonchev–Trinajstić information content (AvgIpc) is 2.77. The zero-order chi connectivity index (χ0) is 24.9. The molecule has 2 fully saturated rings. The lowest BCUT2D eigenvalue weighted by Gasteiger charge is -2.36. The predicted octanol–water partition coefficient (Wildman–Crippen LogP) is 3.61. The number of carbonyl (C=O) groups excluding carboxylic acids is 3. The first-order valence-corrected chi connectivity index (χ1v) is 12.0. The van der Waals surface area contributed by atoms with Crippen molar-refractivity contribution in [3.63, 3.8) is 0 Å². The van der Waals surface area contributed by atoms with Crippen molar-refractivity contribution in [2.45, 2.75) is 58.1 Å². The molecule has 1 aromatic carbocycles. The molecule has 0 radical (unpaired) electrons. The fraction of sp³-hybridized carbons (Fsp3) is 0.625. The summed E-state index contributed by atoms with van der Waals surface area (Å²) >= 11 is 5.94. The fourth-order valence-electron chi connectivity index (χ4n) is 4.15. The van der Waals surface area contributed by atoms with Gasteiger partial charge in [0.1, 0.15) is 17.2 Å². The summed E-state index contributed by atoms with van der Waals surface area (Å²) in [7, 11) is 0. The average molecular weight is 498 g/mol. The maximum absolute atomic E-state index is 13.2. The van der Waals surface area contributed by atoms with Gasteiger partial charge in [-0.2, -0.15) is 0 Å². The van der Waals surface area contributed by atoms with Gasteiger partial charge in [0, 0.05) is 32.2 Å². The Morgan fingerprint density at radius 3 is 2.53 bits per heavy atom. The molecule has 0 aliphatic carbocycles. The zero-order valence-electron chi connectivity index (χ0n) is 19.9. The standard InChI is InChI=1S/C24H33ClFN3O5/c1-24(2,3)34-23(32)29-11-4-6-16(13-29)22(31)27-18-7-5-10-28(14-18)21(30)15-33-20-9-8-17(26)12-19(20)25/h8-9,12,16,18H,4-7,10-11,13-15H2,1-3H3,(H,27,31)/t16-,18+/m1/s1. The number of hydrogen-bond donors (Lipinski definition) is 1. The van der Waals surface area contributed by atoms with Crippen LogP contribution in [0.15, 0.2) is 18.2 Å². The number of ether oxygens (including phenoxy) is 2. The van der Waals surface area contributed by atoms with E-state index in [1.165, 1.54) is 12.1 Å². The van der Waals surface area contributed by atoms with Crippen LogP contribution in [0, 0.1) is 11.7 Å². The number of piperidine rings is 2. The summed E-state index contributed by atoms with van der Waals surface area (Å²) in [5, 5.41) is 3.16. The molecule has 2 saturated heterocycles. The largest absolute Gasteiger partial charge is 0.482 e. The molecule has 8 nitrogen and oxygen atoms in total. The van der Waals surface area contributed by atoms with E-state index in [0.717, 1.165) is 25.3 Å². The summed E-state index contributed by atoms with van der Waals surface area (Å²) in [6.45, 7) is 7.07. The lowest BCUT2D eigenvalue weighted by molar-refractivity contribution is -0.136. The number of nitrogens with zero attached hydrogens (tertiary/aromatic N) is 2. The van der Waals surface area contributed by atoms with Gasteiger partial charge in [0.25, 0.3) is 5.91 Å². The summed E-state index contributed by atoms with van der Waals surface area (Å²) in [6, 6.07) is 3.56. The van der Waals surface area contributed by atoms with Crippen molar-refractivity contribution in [1.82, 2.24) is 15.1 Å². The second-order valence-corrected chi connectivity index (χ2v) is 10.2. The topological polar surface area (TPSA) is 88.2 Å². The molecule has 3 rings (SSSR count). The fourth-order valence-corrected chi connectivity index (χ4v) is 4.37. The lowest BCUT2D eigenvalue weighted by atomic mass is 9.96. The number of carbonyl (C=O) groups is 3. The Kier molecular flexibility index (Phi) is 8.62. The van der Waals surface area contributed by atoms with Crippen molar-refractivity contribution in [2.75, 3.05) is 32.8 Å². The first-order chi connectivity index (χ1) is 16.0. The molecule has 1 aromatic rings. The van der Waals surface area contributed by atoms with Crippen molar-refractivity contribution in [3.05, 3.63) is 29.0 Å². The maximum atomic E-state index is 13.2. The van der Waals surface area contributed by atoms with Crippen LogP contribution in [-0.2, 0) is 14.3 Å². The SMILES string of the molecule is CC(C)(C)OC(=O)N1CCC[C@@H](C(=O)N[C@H]2CCCN(C(=O)COc3ccc(F)cc3Cl)C2)C1. The number of hydrogen-bond acceptors (Lipinski definition) is 5. The van der Waals surface area contributed by atoms with Crippen molar-refractivity contribution in [3.8, 4) is 5.75 Å². The molecular formula is C24H33ClFN3O5. The normalized spacial score (nSPS) is 21.1. The highest BCUT2D eigenvalue weighted by molar-refractivity contribution is 6.32. The molecule has 3 amide bonds. The predicted molar refractivity (Wildman–Crippen MR) is 125 cm³/mol. The molecule has 2 atom stereocenters.